The van der Waals surface area contributed by atoms with Crippen molar-refractivity contribution in [1.82, 2.24) is 0 Å². The van der Waals surface area contributed by atoms with E-state index in [-0.39, 0.29) is 18.1 Å². The van der Waals surface area contributed by atoms with E-state index in [4.69, 9.17) is 14.6 Å². The third-order valence-electron chi connectivity index (χ3n) is 5.28. The zero-order valence-corrected chi connectivity index (χ0v) is 17.6. The third-order valence-corrected chi connectivity index (χ3v) is 5.28. The van der Waals surface area contributed by atoms with Gasteiger partial charge in [-0.2, -0.15) is 0 Å². The summed E-state index contributed by atoms with van der Waals surface area (Å²) in [6.07, 6.45) is 0.669. The second-order valence-electron chi connectivity index (χ2n) is 7.50. The third kappa shape index (κ3) is 4.95. The highest BCUT2D eigenvalue weighted by Crippen LogP contribution is 2.21. The number of methoxy groups -OCH3 is 1. The molecule has 0 radical (unpaired) electrons. The first-order valence-electron chi connectivity index (χ1n) is 10.2. The number of carbonyl (C=O) groups excluding carboxylic acids is 1. The van der Waals surface area contributed by atoms with Gasteiger partial charge < -0.3 is 14.6 Å². The van der Waals surface area contributed by atoms with E-state index in [1.54, 1.807) is 25.3 Å². The number of aromatic carboxylic acids is 1. The number of hydrogen-bond acceptors (Lipinski definition) is 4. The molecule has 0 atom stereocenters. The first-order chi connectivity index (χ1) is 15.5. The second kappa shape index (κ2) is 9.35. The maximum atomic E-state index is 12.6. The van der Waals surface area contributed by atoms with Crippen LogP contribution in [0.4, 0.5) is 0 Å². The summed E-state index contributed by atoms with van der Waals surface area (Å²) < 4.78 is 10.6. The van der Waals surface area contributed by atoms with Crippen molar-refractivity contribution in [3.8, 4) is 5.75 Å². The van der Waals surface area contributed by atoms with Gasteiger partial charge in [0.05, 0.1) is 18.2 Å². The van der Waals surface area contributed by atoms with Crippen molar-refractivity contribution in [2.24, 2.45) is 0 Å². The minimum absolute atomic E-state index is 0.188. The predicted molar refractivity (Wildman–Crippen MR) is 122 cm³/mol. The summed E-state index contributed by atoms with van der Waals surface area (Å²) in [7, 11) is 1.61. The molecule has 0 saturated carbocycles. The molecule has 1 N–H and O–H groups in total. The Hall–Kier alpha value is -4.12. The summed E-state index contributed by atoms with van der Waals surface area (Å²) in [6, 6.07) is 25.8. The smallest absolute Gasteiger partial charge is 0.338 e. The zero-order chi connectivity index (χ0) is 22.5. The van der Waals surface area contributed by atoms with Crippen LogP contribution in [0.5, 0.6) is 5.75 Å². The highest BCUT2D eigenvalue weighted by Gasteiger charge is 2.09. The summed E-state index contributed by atoms with van der Waals surface area (Å²) in [5, 5.41) is 11.0. The fraction of sp³-hybridized carbons (Fsp3) is 0.111. The number of rotatable bonds is 7. The van der Waals surface area contributed by atoms with E-state index >= 15 is 0 Å². The minimum Gasteiger partial charge on any atom is -0.497 e. The van der Waals surface area contributed by atoms with Crippen molar-refractivity contribution < 1.29 is 24.2 Å². The number of hydrogen-bond donors (Lipinski definition) is 1. The normalized spacial score (nSPS) is 10.7. The topological polar surface area (TPSA) is 72.8 Å². The van der Waals surface area contributed by atoms with Crippen molar-refractivity contribution in [2.75, 3.05) is 7.11 Å². The number of esters is 1. The van der Waals surface area contributed by atoms with Crippen molar-refractivity contribution in [3.63, 3.8) is 0 Å². The van der Waals surface area contributed by atoms with Gasteiger partial charge in [0.2, 0.25) is 0 Å². The Labute approximate surface area is 185 Å². The molecule has 4 aromatic rings. The van der Waals surface area contributed by atoms with Gasteiger partial charge in [0.1, 0.15) is 12.4 Å². The van der Waals surface area contributed by atoms with Crippen LogP contribution in [0.2, 0.25) is 0 Å². The molecule has 0 unspecified atom stereocenters. The van der Waals surface area contributed by atoms with Crippen LogP contribution < -0.4 is 4.74 Å². The lowest BCUT2D eigenvalue weighted by atomic mass is 9.99. The van der Waals surface area contributed by atoms with Gasteiger partial charge in [-0.1, -0.05) is 48.5 Å². The Morgan fingerprint density at radius 2 is 1.34 bits per heavy atom. The van der Waals surface area contributed by atoms with Crippen LogP contribution in [-0.2, 0) is 17.8 Å². The molecule has 5 nitrogen and oxygen atoms in total. The Kier molecular flexibility index (Phi) is 6.17. The average Bonchev–Trinajstić information content (AvgIpc) is 2.82. The molecule has 0 aromatic heterocycles. The van der Waals surface area contributed by atoms with Gasteiger partial charge in [-0.15, -0.1) is 0 Å². The molecule has 0 amide bonds. The Bertz CT molecular complexity index is 1260. The van der Waals surface area contributed by atoms with Crippen molar-refractivity contribution >= 4 is 22.7 Å². The molecular weight excluding hydrogens is 404 g/mol. The number of fused-ring (bicyclic) bond motifs is 1. The van der Waals surface area contributed by atoms with Gasteiger partial charge in [0.15, 0.2) is 0 Å². The molecule has 32 heavy (non-hydrogen) atoms. The van der Waals surface area contributed by atoms with Crippen LogP contribution >= 0.6 is 0 Å². The molecule has 4 rings (SSSR count). The van der Waals surface area contributed by atoms with Gasteiger partial charge in [0, 0.05) is 0 Å². The van der Waals surface area contributed by atoms with Gasteiger partial charge in [-0.25, -0.2) is 9.59 Å². The molecule has 0 aliphatic carbocycles. The number of carboxylic acid groups (broad SMARTS) is 1. The van der Waals surface area contributed by atoms with Crippen molar-refractivity contribution in [1.29, 1.82) is 0 Å². The molecule has 4 aromatic carbocycles. The van der Waals surface area contributed by atoms with E-state index in [1.165, 1.54) is 0 Å². The van der Waals surface area contributed by atoms with E-state index in [0.717, 1.165) is 33.2 Å². The van der Waals surface area contributed by atoms with Crippen LogP contribution in [-0.4, -0.2) is 24.2 Å². The summed E-state index contributed by atoms with van der Waals surface area (Å²) in [4.78, 5) is 23.6. The number of carbonyl (C=O) groups is 2. The largest absolute Gasteiger partial charge is 0.497 e. The molecule has 0 spiro atoms. The Morgan fingerprint density at radius 1 is 0.719 bits per heavy atom. The SMILES string of the molecule is COc1ccc(COC(=O)c2ccc3ccc(Cc4ccc(C(=O)O)cc4)cc3c2)cc1. The number of carboxylic acids is 1. The minimum atomic E-state index is -0.936. The number of benzene rings is 4. The fourth-order valence-electron chi connectivity index (χ4n) is 3.49. The van der Waals surface area contributed by atoms with Crippen LogP contribution in [0.15, 0.2) is 84.9 Å². The summed E-state index contributed by atoms with van der Waals surface area (Å²) in [6.45, 7) is 0.188. The van der Waals surface area contributed by atoms with Crippen LogP contribution in [0.25, 0.3) is 10.8 Å². The lowest BCUT2D eigenvalue weighted by molar-refractivity contribution is 0.0472. The summed E-state index contributed by atoms with van der Waals surface area (Å²) >= 11 is 0. The Morgan fingerprint density at radius 3 is 2.03 bits per heavy atom. The zero-order valence-electron chi connectivity index (χ0n) is 17.6. The summed E-state index contributed by atoms with van der Waals surface area (Å²) in [5.41, 5.74) is 3.74. The maximum absolute atomic E-state index is 12.6. The predicted octanol–water partition coefficient (Wildman–Crippen LogP) is 5.49. The Balaban J connectivity index is 1.47. The van der Waals surface area contributed by atoms with E-state index < -0.39 is 5.97 Å². The van der Waals surface area contributed by atoms with Crippen LogP contribution in [0.3, 0.4) is 0 Å². The van der Waals surface area contributed by atoms with Gasteiger partial charge in [0.25, 0.3) is 0 Å². The first-order valence-corrected chi connectivity index (χ1v) is 10.2. The van der Waals surface area contributed by atoms with E-state index in [9.17, 15) is 9.59 Å². The van der Waals surface area contributed by atoms with Crippen molar-refractivity contribution in [3.05, 3.63) is 113 Å². The maximum Gasteiger partial charge on any atom is 0.338 e. The van der Waals surface area contributed by atoms with Crippen LogP contribution in [0, 0.1) is 0 Å². The highest BCUT2D eigenvalue weighted by atomic mass is 16.5. The van der Waals surface area contributed by atoms with E-state index in [1.807, 2.05) is 66.7 Å². The van der Waals surface area contributed by atoms with Gasteiger partial charge >= 0.3 is 11.9 Å². The quantitative estimate of drug-likeness (QED) is 0.395. The van der Waals surface area contributed by atoms with E-state index in [0.29, 0.717) is 12.0 Å². The molecule has 0 aliphatic heterocycles. The van der Waals surface area contributed by atoms with Gasteiger partial charge in [-0.3, -0.25) is 0 Å². The second-order valence-corrected chi connectivity index (χ2v) is 7.50. The molecule has 0 aliphatic rings. The standard InChI is InChI=1S/C27H22O5/c1-31-25-12-5-19(6-13-25)17-32-27(30)23-11-10-21-7-4-20(15-24(21)16-23)14-18-2-8-22(9-3-18)26(28)29/h2-13,15-16H,14,17H2,1H3,(H,28,29). The monoisotopic (exact) mass is 426 g/mol. The molecular formula is C27H22O5. The first kappa shape index (κ1) is 21.1. The molecule has 0 fully saturated rings. The summed E-state index contributed by atoms with van der Waals surface area (Å²) in [5.74, 6) is -0.561. The molecule has 5 heteroatoms. The lowest BCUT2D eigenvalue weighted by Gasteiger charge is -2.08. The average molecular weight is 426 g/mol. The number of ether oxygens (including phenoxy) is 2. The highest BCUT2D eigenvalue weighted by molar-refractivity contribution is 5.95. The van der Waals surface area contributed by atoms with Crippen LogP contribution in [0.1, 0.15) is 37.4 Å². The molecule has 0 bridgehead atoms. The molecule has 160 valence electrons. The van der Waals surface area contributed by atoms with Gasteiger partial charge in [-0.05, 0) is 70.3 Å². The lowest BCUT2D eigenvalue weighted by Crippen LogP contribution is -2.05. The van der Waals surface area contributed by atoms with E-state index in [2.05, 4.69) is 0 Å². The molecule has 0 heterocycles. The molecule has 0 saturated heterocycles. The fourth-order valence-corrected chi connectivity index (χ4v) is 3.49. The van der Waals surface area contributed by atoms with Crippen molar-refractivity contribution in [2.45, 2.75) is 13.0 Å².